The molecule has 4 N–H and O–H groups in total. The van der Waals surface area contributed by atoms with Gasteiger partial charge in [-0.2, -0.15) is 0 Å². The van der Waals surface area contributed by atoms with E-state index in [1.165, 1.54) is 10.7 Å². The molecule has 1 heterocycles. The van der Waals surface area contributed by atoms with Crippen molar-refractivity contribution >= 4 is 39.9 Å². The minimum atomic E-state index is -2.89. The van der Waals surface area contributed by atoms with Crippen molar-refractivity contribution in [3.05, 3.63) is 30.6 Å². The molecule has 0 aliphatic heterocycles. The summed E-state index contributed by atoms with van der Waals surface area (Å²) in [6, 6.07) is 7.41. The first kappa shape index (κ1) is 11.0. The van der Waals surface area contributed by atoms with Crippen LogP contribution in [-0.4, -0.2) is 9.32 Å². The molecule has 0 saturated heterocycles. The van der Waals surface area contributed by atoms with Crippen LogP contribution in [0, 0.1) is 0 Å². The number of hydrogen-bond acceptors (Lipinski definition) is 6. The SMILES string of the molecule is NSP(=O)(SN)n1cnc2ccccc21. The van der Waals surface area contributed by atoms with Crippen LogP contribution in [0.5, 0.6) is 0 Å². The summed E-state index contributed by atoms with van der Waals surface area (Å²) in [5, 5.41) is 10.8. The van der Waals surface area contributed by atoms with Crippen LogP contribution in [0.3, 0.4) is 0 Å². The van der Waals surface area contributed by atoms with Crippen LogP contribution in [0.25, 0.3) is 11.0 Å². The number of imidazole rings is 1. The van der Waals surface area contributed by atoms with Crippen molar-refractivity contribution in [1.29, 1.82) is 0 Å². The smallest absolute Gasteiger partial charge is 0.273 e. The molecule has 8 heteroatoms. The standard InChI is InChI=1S/C7H9N4OPS2/c8-14-13(12,15-9)11-5-10-6-3-1-2-4-7(6)11/h1-5H,8-9H2. The summed E-state index contributed by atoms with van der Waals surface area (Å²) in [7, 11) is 0. The van der Waals surface area contributed by atoms with Gasteiger partial charge in [0, 0.05) is 23.1 Å². The molecule has 0 aliphatic carbocycles. The van der Waals surface area contributed by atoms with E-state index in [1.54, 1.807) is 0 Å². The Morgan fingerprint density at radius 3 is 2.60 bits per heavy atom. The molecule has 0 atom stereocenters. The molecular weight excluding hydrogens is 251 g/mol. The second-order valence-corrected chi connectivity index (χ2v) is 9.47. The van der Waals surface area contributed by atoms with E-state index in [9.17, 15) is 4.57 Å². The Hall–Kier alpha value is -0.460. The number of nitrogens with zero attached hydrogens (tertiary/aromatic N) is 2. The summed E-state index contributed by atoms with van der Waals surface area (Å²) in [4.78, 5) is 4.13. The number of aromatic nitrogens is 2. The van der Waals surface area contributed by atoms with Gasteiger partial charge in [-0.3, -0.25) is 19.2 Å². The van der Waals surface area contributed by atoms with Gasteiger partial charge >= 0.3 is 5.70 Å². The highest BCUT2D eigenvalue weighted by Gasteiger charge is 2.25. The van der Waals surface area contributed by atoms with Gasteiger partial charge in [0.25, 0.3) is 0 Å². The van der Waals surface area contributed by atoms with Gasteiger partial charge in [0.2, 0.25) is 0 Å². The first-order valence-corrected chi connectivity index (χ1v) is 8.64. The van der Waals surface area contributed by atoms with E-state index in [-0.39, 0.29) is 0 Å². The molecule has 1 aromatic heterocycles. The highest BCUT2D eigenvalue weighted by molar-refractivity contribution is 8.89. The van der Waals surface area contributed by atoms with Gasteiger partial charge in [0.1, 0.15) is 6.33 Å². The van der Waals surface area contributed by atoms with Gasteiger partial charge < -0.3 is 0 Å². The third-order valence-electron chi connectivity index (χ3n) is 1.97. The van der Waals surface area contributed by atoms with Crippen molar-refractivity contribution in [3.8, 4) is 0 Å². The topological polar surface area (TPSA) is 86.9 Å². The van der Waals surface area contributed by atoms with E-state index in [2.05, 4.69) is 4.98 Å². The molecular formula is C7H9N4OPS2. The van der Waals surface area contributed by atoms with Crippen LogP contribution in [0.1, 0.15) is 0 Å². The van der Waals surface area contributed by atoms with E-state index in [0.29, 0.717) is 0 Å². The Labute approximate surface area is 94.8 Å². The van der Waals surface area contributed by atoms with Crippen molar-refractivity contribution in [2.45, 2.75) is 0 Å². The number of fused-ring (bicyclic) bond motifs is 1. The normalized spacial score (nSPS) is 12.1. The zero-order valence-corrected chi connectivity index (χ0v) is 10.1. The maximum absolute atomic E-state index is 12.2. The maximum Gasteiger partial charge on any atom is 0.313 e. The second kappa shape index (κ2) is 4.19. The quantitative estimate of drug-likeness (QED) is 0.650. The number of rotatable bonds is 3. The summed E-state index contributed by atoms with van der Waals surface area (Å²) in [6.07, 6.45) is 1.51. The van der Waals surface area contributed by atoms with E-state index >= 15 is 0 Å². The minimum Gasteiger partial charge on any atom is -0.273 e. The predicted molar refractivity (Wildman–Crippen MR) is 66.3 cm³/mol. The minimum absolute atomic E-state index is 0.761. The molecule has 0 radical (unpaired) electrons. The van der Waals surface area contributed by atoms with Crippen molar-refractivity contribution in [2.75, 3.05) is 0 Å². The molecule has 0 aliphatic rings. The monoisotopic (exact) mass is 260 g/mol. The molecule has 0 spiro atoms. The summed E-state index contributed by atoms with van der Waals surface area (Å²) >= 11 is 1.52. The van der Waals surface area contributed by atoms with E-state index in [4.69, 9.17) is 10.3 Å². The lowest BCUT2D eigenvalue weighted by Gasteiger charge is -2.12. The molecule has 1 aromatic carbocycles. The largest absolute Gasteiger partial charge is 0.313 e. The van der Waals surface area contributed by atoms with Crippen LogP contribution in [0.15, 0.2) is 30.6 Å². The Kier molecular flexibility index (Phi) is 3.08. The van der Waals surface area contributed by atoms with Gasteiger partial charge in [0.15, 0.2) is 0 Å². The zero-order valence-electron chi connectivity index (χ0n) is 7.61. The highest BCUT2D eigenvalue weighted by Crippen LogP contribution is 2.65. The Morgan fingerprint density at radius 1 is 1.27 bits per heavy atom. The summed E-state index contributed by atoms with van der Waals surface area (Å²) in [5.41, 5.74) is -1.33. The molecule has 15 heavy (non-hydrogen) atoms. The fourth-order valence-electron chi connectivity index (χ4n) is 1.27. The Bertz CT molecular complexity index is 520. The van der Waals surface area contributed by atoms with Crippen molar-refractivity contribution in [1.82, 2.24) is 9.32 Å². The van der Waals surface area contributed by atoms with Gasteiger partial charge in [-0.1, -0.05) is 12.1 Å². The lowest BCUT2D eigenvalue weighted by Crippen LogP contribution is -1.94. The summed E-state index contributed by atoms with van der Waals surface area (Å²) < 4.78 is 13.8. The number of para-hydroxylation sites is 2. The fraction of sp³-hybridized carbons (Fsp3) is 0. The van der Waals surface area contributed by atoms with Crippen molar-refractivity contribution < 1.29 is 4.57 Å². The van der Waals surface area contributed by atoms with E-state index in [1.807, 2.05) is 24.3 Å². The Morgan fingerprint density at radius 2 is 1.93 bits per heavy atom. The predicted octanol–water partition coefficient (Wildman–Crippen LogP) is 2.21. The molecule has 2 aromatic rings. The van der Waals surface area contributed by atoms with Crippen molar-refractivity contribution in [3.63, 3.8) is 0 Å². The molecule has 2 rings (SSSR count). The number of hydrogen-bond donors (Lipinski definition) is 2. The first-order chi connectivity index (χ1) is 7.21. The van der Waals surface area contributed by atoms with Crippen LogP contribution >= 0.6 is 28.8 Å². The highest BCUT2D eigenvalue weighted by atomic mass is 33.1. The van der Waals surface area contributed by atoms with Gasteiger partial charge in [-0.25, -0.2) is 4.98 Å². The maximum atomic E-state index is 12.2. The third kappa shape index (κ3) is 1.81. The lowest BCUT2D eigenvalue weighted by atomic mass is 10.3. The first-order valence-electron chi connectivity index (χ1n) is 4.01. The van der Waals surface area contributed by atoms with Gasteiger partial charge in [0.05, 0.1) is 11.0 Å². The van der Waals surface area contributed by atoms with Gasteiger partial charge in [-0.05, 0) is 12.1 Å². The molecule has 80 valence electrons. The van der Waals surface area contributed by atoms with Crippen molar-refractivity contribution in [2.24, 2.45) is 10.3 Å². The number of nitrogens with two attached hydrogens (primary N) is 2. The molecule has 0 unspecified atom stereocenters. The zero-order chi connectivity index (χ0) is 10.9. The lowest BCUT2D eigenvalue weighted by molar-refractivity contribution is 0.589. The van der Waals surface area contributed by atoms with Crippen LogP contribution in [0.2, 0.25) is 0 Å². The van der Waals surface area contributed by atoms with Crippen LogP contribution < -0.4 is 10.3 Å². The van der Waals surface area contributed by atoms with Crippen LogP contribution in [-0.2, 0) is 4.57 Å². The molecule has 0 amide bonds. The Balaban J connectivity index is 2.67. The molecule has 0 saturated carbocycles. The molecule has 0 fully saturated rings. The fourth-order valence-corrected chi connectivity index (χ4v) is 4.12. The summed E-state index contributed by atoms with van der Waals surface area (Å²) in [6.45, 7) is 0. The number of benzene rings is 1. The van der Waals surface area contributed by atoms with Crippen LogP contribution in [0.4, 0.5) is 0 Å². The second-order valence-electron chi connectivity index (χ2n) is 2.76. The molecule has 5 nitrogen and oxygen atoms in total. The summed E-state index contributed by atoms with van der Waals surface area (Å²) in [5.74, 6) is 0. The van der Waals surface area contributed by atoms with E-state index < -0.39 is 5.70 Å². The van der Waals surface area contributed by atoms with E-state index in [0.717, 1.165) is 34.2 Å². The average Bonchev–Trinajstić information content (AvgIpc) is 2.72. The third-order valence-corrected chi connectivity index (χ3v) is 7.55. The molecule has 0 bridgehead atoms. The van der Waals surface area contributed by atoms with Gasteiger partial charge in [-0.15, -0.1) is 0 Å². The average molecular weight is 260 g/mol.